The van der Waals surface area contributed by atoms with Gasteiger partial charge in [0.2, 0.25) is 0 Å². The lowest BCUT2D eigenvalue weighted by atomic mass is 10.1. The van der Waals surface area contributed by atoms with Gasteiger partial charge in [-0.15, -0.1) is 11.3 Å². The maximum Gasteiger partial charge on any atom is 0.340 e. The van der Waals surface area contributed by atoms with Crippen LogP contribution in [0.5, 0.6) is 0 Å². The van der Waals surface area contributed by atoms with E-state index >= 15 is 0 Å². The number of aromatic nitrogens is 1. The van der Waals surface area contributed by atoms with Gasteiger partial charge in [0.25, 0.3) is 0 Å². The van der Waals surface area contributed by atoms with Crippen molar-refractivity contribution in [3.05, 3.63) is 64.7 Å². The molecular formula is C17H15N3O3S2. The number of nitrogens with zero attached hydrogens (tertiary/aromatic N) is 1. The molecule has 0 fully saturated rings. The molecule has 0 aliphatic heterocycles. The van der Waals surface area contributed by atoms with Gasteiger partial charge in [0, 0.05) is 17.4 Å². The Morgan fingerprint density at radius 2 is 2.08 bits per heavy atom. The molecule has 0 atom stereocenters. The molecule has 0 saturated carbocycles. The van der Waals surface area contributed by atoms with Gasteiger partial charge in [-0.3, -0.25) is 0 Å². The van der Waals surface area contributed by atoms with Crippen molar-refractivity contribution in [2.24, 2.45) is 0 Å². The number of anilines is 2. The lowest BCUT2D eigenvalue weighted by Crippen LogP contribution is -2.20. The smallest absolute Gasteiger partial charge is 0.340 e. The molecule has 6 nitrogen and oxygen atoms in total. The highest BCUT2D eigenvalue weighted by molar-refractivity contribution is 7.80. The van der Waals surface area contributed by atoms with E-state index in [-0.39, 0.29) is 0 Å². The molecule has 2 heterocycles. The third-order valence-electron chi connectivity index (χ3n) is 3.32. The van der Waals surface area contributed by atoms with E-state index in [0.717, 1.165) is 16.9 Å². The molecule has 0 saturated heterocycles. The molecule has 0 unspecified atom stereocenters. The Morgan fingerprint density at radius 3 is 2.76 bits per heavy atom. The van der Waals surface area contributed by atoms with Crippen molar-refractivity contribution in [2.45, 2.75) is 6.42 Å². The summed E-state index contributed by atoms with van der Waals surface area (Å²) in [5.41, 5.74) is 1.61. The summed E-state index contributed by atoms with van der Waals surface area (Å²) in [6.45, 7) is 0. The van der Waals surface area contributed by atoms with Gasteiger partial charge in [0.15, 0.2) is 10.9 Å². The minimum atomic E-state index is -0.415. The van der Waals surface area contributed by atoms with Gasteiger partial charge in [0.05, 0.1) is 12.7 Å². The third kappa shape index (κ3) is 4.43. The third-order valence-corrected chi connectivity index (χ3v) is 4.57. The molecule has 25 heavy (non-hydrogen) atoms. The first-order chi connectivity index (χ1) is 12.2. The van der Waals surface area contributed by atoms with Crippen molar-refractivity contribution in [1.29, 1.82) is 0 Å². The van der Waals surface area contributed by atoms with E-state index in [0.29, 0.717) is 21.5 Å². The number of thiocarbonyl (C=S) groups is 1. The molecule has 0 bridgehead atoms. The van der Waals surface area contributed by atoms with Gasteiger partial charge in [-0.2, -0.15) is 0 Å². The van der Waals surface area contributed by atoms with Crippen LogP contribution in [0.4, 0.5) is 10.8 Å². The molecule has 2 aromatic heterocycles. The molecule has 3 aromatic rings. The number of carbonyl (C=O) groups is 1. The summed E-state index contributed by atoms with van der Waals surface area (Å²) in [6, 6.07) is 13.5. The fourth-order valence-electron chi connectivity index (χ4n) is 2.21. The first-order valence-electron chi connectivity index (χ1n) is 7.39. The maximum absolute atomic E-state index is 12.1. The van der Waals surface area contributed by atoms with Crippen molar-refractivity contribution in [3.63, 3.8) is 0 Å². The standard InChI is InChI=1S/C17H15N3O3S2/c1-22-16(21)13-10-12(9-11-5-3-2-4-6-11)25-15(13)19-17(24)18-14-7-8-23-20-14/h2-8,10H,9H2,1H3,(H2,18,19,20,24). The number of ether oxygens (including phenoxy) is 1. The minimum absolute atomic E-state index is 0.312. The Labute approximate surface area is 153 Å². The molecule has 128 valence electrons. The lowest BCUT2D eigenvalue weighted by Gasteiger charge is -2.07. The summed E-state index contributed by atoms with van der Waals surface area (Å²) in [7, 11) is 1.35. The van der Waals surface area contributed by atoms with Crippen molar-refractivity contribution < 1.29 is 14.1 Å². The number of nitrogens with one attached hydrogen (secondary N) is 2. The summed E-state index contributed by atoms with van der Waals surface area (Å²) in [5.74, 6) is 0.0699. The number of rotatable bonds is 5. The Morgan fingerprint density at radius 1 is 1.28 bits per heavy atom. The normalized spacial score (nSPS) is 10.3. The Balaban J connectivity index is 1.78. The zero-order chi connectivity index (χ0) is 17.6. The van der Waals surface area contributed by atoms with Crippen molar-refractivity contribution in [2.75, 3.05) is 17.7 Å². The fraction of sp³-hybridized carbons (Fsp3) is 0.118. The van der Waals surface area contributed by atoms with Crippen LogP contribution in [-0.4, -0.2) is 23.3 Å². The van der Waals surface area contributed by atoms with E-state index in [1.54, 1.807) is 6.07 Å². The molecule has 3 rings (SSSR count). The van der Waals surface area contributed by atoms with Crippen LogP contribution in [0.3, 0.4) is 0 Å². The van der Waals surface area contributed by atoms with E-state index in [1.165, 1.54) is 24.7 Å². The summed E-state index contributed by atoms with van der Waals surface area (Å²) >= 11 is 6.71. The number of hydrogen-bond donors (Lipinski definition) is 2. The number of hydrogen-bond acceptors (Lipinski definition) is 6. The molecule has 0 spiro atoms. The van der Waals surface area contributed by atoms with Crippen molar-refractivity contribution in [3.8, 4) is 0 Å². The topological polar surface area (TPSA) is 76.4 Å². The second-order valence-electron chi connectivity index (χ2n) is 5.07. The Hall–Kier alpha value is -2.71. The van der Waals surface area contributed by atoms with Crippen LogP contribution >= 0.6 is 23.6 Å². The van der Waals surface area contributed by atoms with E-state index < -0.39 is 5.97 Å². The quantitative estimate of drug-likeness (QED) is 0.518. The first-order valence-corrected chi connectivity index (χ1v) is 8.61. The van der Waals surface area contributed by atoms with Crippen molar-refractivity contribution in [1.82, 2.24) is 5.16 Å². The van der Waals surface area contributed by atoms with E-state index in [9.17, 15) is 4.79 Å². The predicted molar refractivity (Wildman–Crippen MR) is 101 cm³/mol. The zero-order valence-electron chi connectivity index (χ0n) is 13.3. The zero-order valence-corrected chi connectivity index (χ0v) is 14.9. The van der Waals surface area contributed by atoms with Crippen LogP contribution in [0.25, 0.3) is 0 Å². The van der Waals surface area contributed by atoms with Crippen LogP contribution in [0.2, 0.25) is 0 Å². The molecule has 0 aliphatic rings. The summed E-state index contributed by atoms with van der Waals surface area (Å²) in [6.07, 6.45) is 2.16. The van der Waals surface area contributed by atoms with E-state index in [4.69, 9.17) is 21.5 Å². The second-order valence-corrected chi connectivity index (χ2v) is 6.62. The molecule has 1 aromatic carbocycles. The van der Waals surface area contributed by atoms with Crippen LogP contribution in [0, 0.1) is 0 Å². The highest BCUT2D eigenvalue weighted by Crippen LogP contribution is 2.30. The van der Waals surface area contributed by atoms with E-state index in [1.807, 2.05) is 36.4 Å². The Bertz CT molecular complexity index is 861. The lowest BCUT2D eigenvalue weighted by molar-refractivity contribution is 0.0602. The predicted octanol–water partition coefficient (Wildman–Crippen LogP) is 3.92. The van der Waals surface area contributed by atoms with E-state index in [2.05, 4.69) is 15.8 Å². The van der Waals surface area contributed by atoms with Gasteiger partial charge in [0.1, 0.15) is 11.3 Å². The minimum Gasteiger partial charge on any atom is -0.465 e. The summed E-state index contributed by atoms with van der Waals surface area (Å²) < 4.78 is 9.61. The summed E-state index contributed by atoms with van der Waals surface area (Å²) in [4.78, 5) is 13.1. The molecular weight excluding hydrogens is 358 g/mol. The molecule has 2 N–H and O–H groups in total. The Kier molecular flexibility index (Phi) is 5.42. The average Bonchev–Trinajstić information content (AvgIpc) is 3.25. The number of methoxy groups -OCH3 is 1. The number of esters is 1. The first kappa shape index (κ1) is 17.1. The summed E-state index contributed by atoms with van der Waals surface area (Å²) in [5, 5.41) is 10.6. The van der Waals surface area contributed by atoms with Crippen LogP contribution in [0.1, 0.15) is 20.8 Å². The van der Waals surface area contributed by atoms with Gasteiger partial charge in [-0.1, -0.05) is 35.5 Å². The molecule has 0 aliphatic carbocycles. The fourth-order valence-corrected chi connectivity index (χ4v) is 3.56. The monoisotopic (exact) mass is 373 g/mol. The number of thiophene rings is 1. The van der Waals surface area contributed by atoms with Crippen molar-refractivity contribution >= 4 is 45.5 Å². The van der Waals surface area contributed by atoms with Gasteiger partial charge in [-0.05, 0) is 23.8 Å². The van der Waals surface area contributed by atoms with Crippen LogP contribution in [0.15, 0.2) is 53.3 Å². The largest absolute Gasteiger partial charge is 0.465 e. The number of benzene rings is 1. The SMILES string of the molecule is COC(=O)c1cc(Cc2ccccc2)sc1NC(=S)Nc1ccon1. The highest BCUT2D eigenvalue weighted by Gasteiger charge is 2.18. The van der Waals surface area contributed by atoms with Gasteiger partial charge < -0.3 is 19.9 Å². The van der Waals surface area contributed by atoms with Gasteiger partial charge >= 0.3 is 5.97 Å². The molecule has 8 heteroatoms. The molecule has 0 amide bonds. The average molecular weight is 373 g/mol. The maximum atomic E-state index is 12.1. The van der Waals surface area contributed by atoms with Gasteiger partial charge in [-0.25, -0.2) is 4.79 Å². The molecule has 0 radical (unpaired) electrons. The highest BCUT2D eigenvalue weighted by atomic mass is 32.1. The van der Waals surface area contributed by atoms with Crippen LogP contribution in [-0.2, 0) is 11.2 Å². The second kappa shape index (κ2) is 7.91. The number of carbonyl (C=O) groups excluding carboxylic acids is 1. The van der Waals surface area contributed by atoms with Crippen LogP contribution < -0.4 is 10.6 Å².